The van der Waals surface area contributed by atoms with Gasteiger partial charge in [-0.15, -0.1) is 0 Å². The van der Waals surface area contributed by atoms with Crippen molar-refractivity contribution in [3.05, 3.63) is 40.7 Å². The lowest BCUT2D eigenvalue weighted by atomic mass is 10.1. The molecule has 0 atom stereocenters. The summed E-state index contributed by atoms with van der Waals surface area (Å²) < 4.78 is 28.9. The van der Waals surface area contributed by atoms with Crippen LogP contribution in [0, 0.1) is 5.82 Å². The highest BCUT2D eigenvalue weighted by Gasteiger charge is 2.25. The third kappa shape index (κ3) is 7.90. The number of primary amides is 1. The van der Waals surface area contributed by atoms with Crippen molar-refractivity contribution in [1.82, 2.24) is 15.0 Å². The number of halogens is 1. The monoisotopic (exact) mass is 521 g/mol. The fourth-order valence-corrected chi connectivity index (χ4v) is 3.70. The maximum absolute atomic E-state index is 14.3. The molecule has 4 amide bonds. The van der Waals surface area contributed by atoms with E-state index in [1.807, 2.05) is 0 Å². The molecule has 1 aliphatic carbocycles. The minimum atomic E-state index is -0.916. The molecule has 2 aromatic rings. The molecule has 36 heavy (non-hydrogen) atoms. The van der Waals surface area contributed by atoms with Gasteiger partial charge < -0.3 is 25.8 Å². The number of anilines is 1. The molecule has 194 valence electrons. The Morgan fingerprint density at radius 1 is 1.22 bits per heavy atom. The van der Waals surface area contributed by atoms with Crippen LogP contribution in [0.3, 0.4) is 0 Å². The number of ether oxygens (including phenoxy) is 2. The number of urea groups is 1. The Kier molecular flexibility index (Phi) is 8.45. The minimum absolute atomic E-state index is 0.00124. The molecule has 1 aromatic carbocycles. The Labute approximate surface area is 211 Å². The van der Waals surface area contributed by atoms with Gasteiger partial charge in [0.2, 0.25) is 5.88 Å². The molecule has 1 saturated carbocycles. The second-order valence-electron chi connectivity index (χ2n) is 9.12. The molecule has 0 saturated heterocycles. The molecule has 0 aliphatic heterocycles. The highest BCUT2D eigenvalue weighted by Crippen LogP contribution is 2.31. The van der Waals surface area contributed by atoms with E-state index in [1.54, 1.807) is 20.8 Å². The number of nitrogens with two attached hydrogens (primary N) is 1. The summed E-state index contributed by atoms with van der Waals surface area (Å²) in [5.41, 5.74) is 4.97. The number of hydrogen-bond donors (Lipinski definition) is 4. The summed E-state index contributed by atoms with van der Waals surface area (Å²) in [6.07, 6.45) is 1.79. The molecule has 0 unspecified atom stereocenters. The van der Waals surface area contributed by atoms with Crippen LogP contribution in [0.1, 0.15) is 66.3 Å². The van der Waals surface area contributed by atoms with Gasteiger partial charge in [-0.2, -0.15) is 4.37 Å². The zero-order valence-electron chi connectivity index (χ0n) is 20.1. The van der Waals surface area contributed by atoms with Gasteiger partial charge >= 0.3 is 12.0 Å². The van der Waals surface area contributed by atoms with Crippen molar-refractivity contribution in [3.8, 4) is 5.88 Å². The van der Waals surface area contributed by atoms with Crippen LogP contribution in [0.15, 0.2) is 18.2 Å². The van der Waals surface area contributed by atoms with E-state index in [-0.39, 0.29) is 59.1 Å². The van der Waals surface area contributed by atoms with Crippen LogP contribution in [0.2, 0.25) is 0 Å². The van der Waals surface area contributed by atoms with E-state index in [0.29, 0.717) is 0 Å². The van der Waals surface area contributed by atoms with Gasteiger partial charge in [0.05, 0.1) is 6.42 Å². The summed E-state index contributed by atoms with van der Waals surface area (Å²) in [7, 11) is 0. The number of rotatable bonds is 10. The molecule has 13 heteroatoms. The molecule has 0 spiro atoms. The summed E-state index contributed by atoms with van der Waals surface area (Å²) in [6.45, 7) is 4.87. The lowest BCUT2D eigenvalue weighted by Gasteiger charge is -2.19. The number of aromatic nitrogens is 1. The number of benzene rings is 1. The Morgan fingerprint density at radius 3 is 2.58 bits per heavy atom. The van der Waals surface area contributed by atoms with Crippen molar-refractivity contribution in [3.63, 3.8) is 0 Å². The smallest absolute Gasteiger partial charge is 0.319 e. The van der Waals surface area contributed by atoms with Crippen molar-refractivity contribution in [1.29, 1.82) is 0 Å². The van der Waals surface area contributed by atoms with Gasteiger partial charge in [-0.1, -0.05) is 0 Å². The summed E-state index contributed by atoms with van der Waals surface area (Å²) in [5.74, 6) is -2.49. The normalized spacial score (nSPS) is 13.0. The zero-order chi connectivity index (χ0) is 26.5. The summed E-state index contributed by atoms with van der Waals surface area (Å²) in [4.78, 5) is 48.2. The Balaban J connectivity index is 1.59. The quantitative estimate of drug-likeness (QED) is 0.349. The second-order valence-corrected chi connectivity index (χ2v) is 9.89. The third-order valence-corrected chi connectivity index (χ3v) is 5.50. The van der Waals surface area contributed by atoms with Gasteiger partial charge in [-0.05, 0) is 63.3 Å². The topological polar surface area (TPSA) is 162 Å². The van der Waals surface area contributed by atoms with Crippen molar-refractivity contribution in [2.45, 2.75) is 58.3 Å². The van der Waals surface area contributed by atoms with E-state index in [9.17, 15) is 23.6 Å². The lowest BCUT2D eigenvalue weighted by molar-refractivity contribution is -0.154. The Bertz CT molecular complexity index is 1160. The van der Waals surface area contributed by atoms with Crippen LogP contribution in [0.25, 0.3) is 0 Å². The van der Waals surface area contributed by atoms with E-state index in [2.05, 4.69) is 20.3 Å². The molecule has 1 aromatic heterocycles. The van der Waals surface area contributed by atoms with Crippen LogP contribution >= 0.6 is 11.5 Å². The van der Waals surface area contributed by atoms with Crippen molar-refractivity contribution in [2.75, 3.05) is 11.9 Å². The molecule has 1 aliphatic rings. The molecule has 11 nitrogen and oxygen atoms in total. The number of nitrogens with zero attached hydrogens (tertiary/aromatic N) is 1. The number of carbonyl (C=O) groups excluding carboxylic acids is 4. The van der Waals surface area contributed by atoms with E-state index >= 15 is 0 Å². The van der Waals surface area contributed by atoms with E-state index in [4.69, 9.17) is 15.2 Å². The maximum Gasteiger partial charge on any atom is 0.319 e. The van der Waals surface area contributed by atoms with Crippen molar-refractivity contribution < 1.29 is 33.0 Å². The van der Waals surface area contributed by atoms with E-state index < -0.39 is 29.3 Å². The Morgan fingerprint density at radius 2 is 1.94 bits per heavy atom. The summed E-state index contributed by atoms with van der Waals surface area (Å²) in [5, 5.41) is 7.75. The van der Waals surface area contributed by atoms with E-state index in [0.717, 1.165) is 30.4 Å². The van der Waals surface area contributed by atoms with E-state index in [1.165, 1.54) is 12.1 Å². The van der Waals surface area contributed by atoms with Crippen molar-refractivity contribution >= 4 is 40.3 Å². The molecular weight excluding hydrogens is 493 g/mol. The van der Waals surface area contributed by atoms with Crippen LogP contribution < -0.4 is 26.4 Å². The molecule has 1 heterocycles. The highest BCUT2D eigenvalue weighted by atomic mass is 32.1. The van der Waals surface area contributed by atoms with Gasteiger partial charge in [0.1, 0.15) is 28.6 Å². The van der Waals surface area contributed by atoms with Gasteiger partial charge in [0.25, 0.3) is 11.8 Å². The van der Waals surface area contributed by atoms with Crippen LogP contribution in [-0.4, -0.2) is 46.4 Å². The summed E-state index contributed by atoms with van der Waals surface area (Å²) in [6, 6.07) is 3.34. The molecule has 0 bridgehead atoms. The minimum Gasteiger partial charge on any atom is -0.471 e. The lowest BCUT2D eigenvalue weighted by Crippen LogP contribution is -2.32. The SMILES string of the molecule is CC(C)(C)OC(=O)CCNC(=O)Nc1snc(OCc2cc(C(=O)NC3CC3)ccc2F)c1C(N)=O. The molecule has 0 radical (unpaired) electrons. The number of nitrogens with one attached hydrogen (secondary N) is 3. The largest absolute Gasteiger partial charge is 0.471 e. The van der Waals surface area contributed by atoms with Crippen LogP contribution in [-0.2, 0) is 16.1 Å². The van der Waals surface area contributed by atoms with Gasteiger partial charge in [0, 0.05) is 23.7 Å². The van der Waals surface area contributed by atoms with Crippen LogP contribution in [0.4, 0.5) is 14.2 Å². The van der Waals surface area contributed by atoms with Crippen molar-refractivity contribution in [2.24, 2.45) is 5.73 Å². The number of carbonyl (C=O) groups is 4. The van der Waals surface area contributed by atoms with Gasteiger partial charge in [-0.3, -0.25) is 19.7 Å². The van der Waals surface area contributed by atoms with Gasteiger partial charge in [-0.25, -0.2) is 9.18 Å². The predicted octanol–water partition coefficient (Wildman–Crippen LogP) is 2.71. The molecular formula is C23H28FN5O6S. The van der Waals surface area contributed by atoms with Crippen LogP contribution in [0.5, 0.6) is 5.88 Å². The molecule has 1 fully saturated rings. The molecule has 5 N–H and O–H groups in total. The first-order valence-corrected chi connectivity index (χ1v) is 12.0. The average Bonchev–Trinajstić information content (AvgIpc) is 3.49. The first-order chi connectivity index (χ1) is 16.9. The maximum atomic E-state index is 14.3. The second kappa shape index (κ2) is 11.3. The molecule has 3 rings (SSSR count). The fourth-order valence-electron chi connectivity index (χ4n) is 2.96. The third-order valence-electron chi connectivity index (χ3n) is 4.75. The predicted molar refractivity (Wildman–Crippen MR) is 129 cm³/mol. The van der Waals surface area contributed by atoms with Gasteiger partial charge in [0.15, 0.2) is 0 Å². The Hall–Kier alpha value is -3.74. The summed E-state index contributed by atoms with van der Waals surface area (Å²) >= 11 is 0.744. The number of amides is 4. The first-order valence-electron chi connectivity index (χ1n) is 11.2. The number of hydrogen-bond acceptors (Lipinski definition) is 8. The zero-order valence-corrected chi connectivity index (χ0v) is 20.9. The first kappa shape index (κ1) is 26.9. The average molecular weight is 522 g/mol. The number of esters is 1. The highest BCUT2D eigenvalue weighted by molar-refractivity contribution is 7.11. The standard InChI is InChI=1S/C23H28FN5O6S/c1-23(2,3)35-16(30)8-9-26-22(33)28-21-17(18(25)31)20(29-36-21)34-11-13-10-12(4-7-15(13)24)19(32)27-14-5-6-14/h4,7,10,14H,5-6,8-9,11H2,1-3H3,(H2,25,31)(H,27,32)(H2,26,28,33). The fraction of sp³-hybridized carbons (Fsp3) is 0.435.